The van der Waals surface area contributed by atoms with Crippen LogP contribution in [0.2, 0.25) is 0 Å². The average Bonchev–Trinajstić information content (AvgIpc) is 2.13. The van der Waals surface area contributed by atoms with E-state index < -0.39 is 5.37 Å². The zero-order chi connectivity index (χ0) is 11.5. The fourth-order valence-electron chi connectivity index (χ4n) is 1.33. The zero-order valence-electron chi connectivity index (χ0n) is 9.33. The van der Waals surface area contributed by atoms with E-state index in [0.29, 0.717) is 6.54 Å². The molecule has 0 aromatic heterocycles. The largest absolute Gasteiger partial charge is 0.320 e. The lowest BCUT2D eigenvalue weighted by molar-refractivity contribution is 0.161. The third kappa shape index (κ3) is 3.56. The van der Waals surface area contributed by atoms with Crippen LogP contribution in [0.5, 0.6) is 0 Å². The molecule has 1 rings (SSSR count). The molecule has 0 fully saturated rings. The third-order valence-corrected chi connectivity index (χ3v) is 2.41. The normalized spacial score (nSPS) is 11.2. The first kappa shape index (κ1) is 12.1. The third-order valence-electron chi connectivity index (χ3n) is 2.21. The summed E-state index contributed by atoms with van der Waals surface area (Å²) in [4.78, 5) is 12.9. The molecule has 0 unspecified atom stereocenters. The van der Waals surface area contributed by atoms with Crippen LogP contribution in [-0.4, -0.2) is 15.8 Å². The summed E-state index contributed by atoms with van der Waals surface area (Å²) in [7, 11) is 0. The fraction of sp³-hybridized carbons (Fsp3) is 0.417. The summed E-state index contributed by atoms with van der Waals surface area (Å²) in [5.41, 5.74) is 0.829. The van der Waals surface area contributed by atoms with Crippen LogP contribution in [0, 0.1) is 0 Å². The van der Waals surface area contributed by atoms with E-state index in [4.69, 9.17) is 11.6 Å². The van der Waals surface area contributed by atoms with Crippen molar-refractivity contribution in [3.63, 3.8) is 0 Å². The van der Waals surface area contributed by atoms with Gasteiger partial charge in [0, 0.05) is 12.1 Å². The molecule has 1 aromatic carbocycles. The molecule has 0 saturated carbocycles. The number of carbonyl (C=O) groups excluding carboxylic acids is 1. The lowest BCUT2D eigenvalue weighted by Crippen LogP contribution is -2.42. The zero-order valence-corrected chi connectivity index (χ0v) is 10.1. The molecule has 3 heteroatoms. The Morgan fingerprint density at radius 2 is 1.80 bits per heavy atom. The van der Waals surface area contributed by atoms with E-state index in [-0.39, 0.29) is 5.54 Å². The fourth-order valence-corrected chi connectivity index (χ4v) is 1.64. The quantitative estimate of drug-likeness (QED) is 0.556. The molecule has 15 heavy (non-hydrogen) atoms. The van der Waals surface area contributed by atoms with Crippen molar-refractivity contribution in [1.29, 1.82) is 0 Å². The van der Waals surface area contributed by atoms with Gasteiger partial charge in [-0.25, -0.2) is 0 Å². The molecule has 0 saturated heterocycles. The van der Waals surface area contributed by atoms with Crippen LogP contribution >= 0.6 is 11.6 Å². The molecule has 0 aliphatic heterocycles. The highest BCUT2D eigenvalue weighted by Crippen LogP contribution is 2.19. The SMILES string of the molecule is CC(C)(C)N(Cc1ccccc1)C(=O)Cl. The molecule has 2 nitrogen and oxygen atoms in total. The van der Waals surface area contributed by atoms with Gasteiger partial charge in [-0.05, 0) is 37.9 Å². The molecule has 0 aliphatic carbocycles. The number of hydrogen-bond acceptors (Lipinski definition) is 1. The van der Waals surface area contributed by atoms with Crippen LogP contribution in [0.15, 0.2) is 30.3 Å². The Labute approximate surface area is 95.8 Å². The Morgan fingerprint density at radius 3 is 2.20 bits per heavy atom. The Bertz CT molecular complexity index is 329. The summed E-state index contributed by atoms with van der Waals surface area (Å²) >= 11 is 5.57. The summed E-state index contributed by atoms with van der Waals surface area (Å²) in [5.74, 6) is 0. The topological polar surface area (TPSA) is 20.3 Å². The summed E-state index contributed by atoms with van der Waals surface area (Å²) in [5, 5.41) is -0.411. The minimum atomic E-state index is -0.411. The standard InChI is InChI=1S/C12H16ClNO/c1-12(2,3)14(11(13)15)9-10-7-5-4-6-8-10/h4-8H,9H2,1-3H3. The van der Waals surface area contributed by atoms with E-state index in [1.165, 1.54) is 0 Å². The van der Waals surface area contributed by atoms with Crippen molar-refractivity contribution in [3.05, 3.63) is 35.9 Å². The van der Waals surface area contributed by atoms with Crippen LogP contribution in [-0.2, 0) is 6.54 Å². The second-order valence-corrected chi connectivity index (χ2v) is 4.82. The molecule has 0 radical (unpaired) electrons. The van der Waals surface area contributed by atoms with E-state index >= 15 is 0 Å². The highest BCUT2D eigenvalue weighted by molar-refractivity contribution is 6.62. The molecule has 1 amide bonds. The number of nitrogens with zero attached hydrogens (tertiary/aromatic N) is 1. The Kier molecular flexibility index (Phi) is 3.75. The van der Waals surface area contributed by atoms with Crippen LogP contribution in [0.3, 0.4) is 0 Å². The van der Waals surface area contributed by atoms with Crippen LogP contribution in [0.1, 0.15) is 26.3 Å². The summed E-state index contributed by atoms with van der Waals surface area (Å²) < 4.78 is 0. The van der Waals surface area contributed by atoms with Crippen molar-refractivity contribution in [1.82, 2.24) is 4.90 Å². The summed E-state index contributed by atoms with van der Waals surface area (Å²) in [6.45, 7) is 6.45. The van der Waals surface area contributed by atoms with Gasteiger partial charge in [-0.2, -0.15) is 0 Å². The van der Waals surface area contributed by atoms with Crippen LogP contribution in [0.4, 0.5) is 4.79 Å². The second kappa shape index (κ2) is 4.67. The number of hydrogen-bond donors (Lipinski definition) is 0. The number of rotatable bonds is 2. The van der Waals surface area contributed by atoms with Crippen molar-refractivity contribution < 1.29 is 4.79 Å². The van der Waals surface area contributed by atoms with Crippen molar-refractivity contribution >= 4 is 17.0 Å². The average molecular weight is 226 g/mol. The molecule has 0 atom stereocenters. The molecule has 0 bridgehead atoms. The van der Waals surface area contributed by atoms with E-state index in [0.717, 1.165) is 5.56 Å². The minimum Gasteiger partial charge on any atom is -0.320 e. The molecule has 82 valence electrons. The second-order valence-electron chi connectivity index (χ2n) is 4.50. The van der Waals surface area contributed by atoms with Gasteiger partial charge in [-0.1, -0.05) is 30.3 Å². The van der Waals surface area contributed by atoms with Gasteiger partial charge in [-0.3, -0.25) is 4.79 Å². The minimum absolute atomic E-state index is 0.255. The van der Waals surface area contributed by atoms with Gasteiger partial charge in [-0.15, -0.1) is 0 Å². The molecule has 0 aliphatic rings. The van der Waals surface area contributed by atoms with E-state index in [2.05, 4.69) is 0 Å². The Balaban J connectivity index is 2.82. The molecule has 0 heterocycles. The van der Waals surface area contributed by atoms with E-state index in [9.17, 15) is 4.79 Å². The van der Waals surface area contributed by atoms with E-state index in [1.54, 1.807) is 4.90 Å². The first-order valence-corrected chi connectivity index (χ1v) is 5.30. The Hall–Kier alpha value is -1.02. The maximum Gasteiger partial charge on any atom is 0.317 e. The Morgan fingerprint density at radius 1 is 1.27 bits per heavy atom. The molecule has 0 spiro atoms. The highest BCUT2D eigenvalue weighted by atomic mass is 35.5. The summed E-state index contributed by atoms with van der Waals surface area (Å²) in [6.07, 6.45) is 0. The van der Waals surface area contributed by atoms with Crippen molar-refractivity contribution in [2.24, 2.45) is 0 Å². The predicted octanol–water partition coefficient (Wildman–Crippen LogP) is 3.65. The van der Waals surface area contributed by atoms with Gasteiger partial charge < -0.3 is 4.90 Å². The lowest BCUT2D eigenvalue weighted by Gasteiger charge is -2.33. The molecular weight excluding hydrogens is 210 g/mol. The van der Waals surface area contributed by atoms with Crippen molar-refractivity contribution in [2.45, 2.75) is 32.9 Å². The smallest absolute Gasteiger partial charge is 0.317 e. The summed E-state index contributed by atoms with van der Waals surface area (Å²) in [6, 6.07) is 9.83. The first-order chi connectivity index (χ1) is 6.91. The lowest BCUT2D eigenvalue weighted by atomic mass is 10.1. The van der Waals surface area contributed by atoms with Crippen LogP contribution in [0.25, 0.3) is 0 Å². The van der Waals surface area contributed by atoms with Crippen molar-refractivity contribution in [3.8, 4) is 0 Å². The van der Waals surface area contributed by atoms with Gasteiger partial charge in [0.15, 0.2) is 0 Å². The molecule has 1 aromatic rings. The van der Waals surface area contributed by atoms with Gasteiger partial charge in [0.2, 0.25) is 0 Å². The molecular formula is C12H16ClNO. The number of benzene rings is 1. The van der Waals surface area contributed by atoms with Gasteiger partial charge >= 0.3 is 5.37 Å². The van der Waals surface area contributed by atoms with E-state index in [1.807, 2.05) is 51.1 Å². The van der Waals surface area contributed by atoms with Gasteiger partial charge in [0.25, 0.3) is 0 Å². The molecule has 0 N–H and O–H groups in total. The van der Waals surface area contributed by atoms with Gasteiger partial charge in [0.05, 0.1) is 0 Å². The van der Waals surface area contributed by atoms with Crippen LogP contribution < -0.4 is 0 Å². The highest BCUT2D eigenvalue weighted by Gasteiger charge is 2.24. The monoisotopic (exact) mass is 225 g/mol. The number of halogens is 1. The van der Waals surface area contributed by atoms with Crippen molar-refractivity contribution in [2.75, 3.05) is 0 Å². The number of carbonyl (C=O) groups is 1. The number of amides is 1. The maximum atomic E-state index is 11.3. The predicted molar refractivity (Wildman–Crippen MR) is 63.0 cm³/mol. The maximum absolute atomic E-state index is 11.3. The first-order valence-electron chi connectivity index (χ1n) is 4.92. The van der Waals surface area contributed by atoms with Gasteiger partial charge in [0.1, 0.15) is 0 Å².